The molecule has 1 atom stereocenters. The van der Waals surface area contributed by atoms with Gasteiger partial charge in [0.1, 0.15) is 5.82 Å². The molecule has 0 fully saturated rings. The first kappa shape index (κ1) is 15.2. The summed E-state index contributed by atoms with van der Waals surface area (Å²) in [4.78, 5) is 12.2. The molecule has 0 saturated heterocycles. The third kappa shape index (κ3) is 3.06. The number of aryl methyl sites for hydroxylation is 1. The van der Waals surface area contributed by atoms with Crippen LogP contribution in [0.3, 0.4) is 0 Å². The molecular formula is C16H17BrFN3O. The predicted octanol–water partition coefficient (Wildman–Crippen LogP) is 3.06. The number of fused-ring (bicyclic) bond motifs is 1. The van der Waals surface area contributed by atoms with Crippen molar-refractivity contribution in [1.29, 1.82) is 0 Å². The average molecular weight is 366 g/mol. The van der Waals surface area contributed by atoms with Gasteiger partial charge in [-0.05, 0) is 52.9 Å². The fraction of sp³-hybridized carbons (Fsp3) is 0.375. The van der Waals surface area contributed by atoms with Crippen molar-refractivity contribution in [3.05, 3.63) is 51.5 Å². The van der Waals surface area contributed by atoms with Gasteiger partial charge in [0.15, 0.2) is 0 Å². The number of carbonyl (C=O) groups excluding carboxylic acids is 1. The van der Waals surface area contributed by atoms with Crippen LogP contribution in [-0.4, -0.2) is 15.7 Å². The minimum absolute atomic E-state index is 0.0221. The number of carbonyl (C=O) groups is 1. The van der Waals surface area contributed by atoms with Crippen LogP contribution in [0.2, 0.25) is 0 Å². The Hall–Kier alpha value is -1.69. The minimum atomic E-state index is -0.323. The van der Waals surface area contributed by atoms with E-state index in [0.29, 0.717) is 4.47 Å². The standard InChI is InChI=1S/C16H17BrFN3O/c1-21-15-4-2-3-14(11(15)9-19-21)20-16(22)8-10-5-6-13(18)12(17)7-10/h5-7,9,14H,2-4,8H2,1H3,(H,20,22). The van der Waals surface area contributed by atoms with Gasteiger partial charge < -0.3 is 5.32 Å². The number of benzene rings is 1. The summed E-state index contributed by atoms with van der Waals surface area (Å²) in [5, 5.41) is 7.35. The Morgan fingerprint density at radius 3 is 3.14 bits per heavy atom. The summed E-state index contributed by atoms with van der Waals surface area (Å²) in [5.74, 6) is -0.378. The highest BCUT2D eigenvalue weighted by Crippen LogP contribution is 2.29. The third-order valence-electron chi connectivity index (χ3n) is 4.06. The molecule has 1 aliphatic rings. The second-order valence-electron chi connectivity index (χ2n) is 5.61. The van der Waals surface area contributed by atoms with Gasteiger partial charge >= 0.3 is 0 Å². The van der Waals surface area contributed by atoms with E-state index in [1.165, 1.54) is 11.8 Å². The Bertz CT molecular complexity index is 713. The number of nitrogens with one attached hydrogen (secondary N) is 1. The highest BCUT2D eigenvalue weighted by Gasteiger charge is 2.24. The fourth-order valence-electron chi connectivity index (χ4n) is 2.94. The van der Waals surface area contributed by atoms with Crippen molar-refractivity contribution >= 4 is 21.8 Å². The number of aromatic nitrogens is 2. The summed E-state index contributed by atoms with van der Waals surface area (Å²) in [6, 6.07) is 4.67. The van der Waals surface area contributed by atoms with E-state index in [4.69, 9.17) is 0 Å². The number of hydrogen-bond acceptors (Lipinski definition) is 2. The minimum Gasteiger partial charge on any atom is -0.349 e. The molecule has 0 radical (unpaired) electrons. The van der Waals surface area contributed by atoms with E-state index < -0.39 is 0 Å². The topological polar surface area (TPSA) is 46.9 Å². The quantitative estimate of drug-likeness (QED) is 0.908. The lowest BCUT2D eigenvalue weighted by Crippen LogP contribution is -2.32. The molecule has 1 heterocycles. The van der Waals surface area contributed by atoms with Gasteiger partial charge in [-0.2, -0.15) is 5.10 Å². The maximum atomic E-state index is 13.2. The van der Waals surface area contributed by atoms with Crippen LogP contribution in [-0.2, 0) is 24.7 Å². The largest absolute Gasteiger partial charge is 0.349 e. The van der Waals surface area contributed by atoms with Crippen LogP contribution in [0.1, 0.15) is 35.7 Å². The summed E-state index contributed by atoms with van der Waals surface area (Å²) in [7, 11) is 1.93. The van der Waals surface area contributed by atoms with Crippen LogP contribution in [0.15, 0.2) is 28.9 Å². The molecule has 1 aromatic heterocycles. The normalized spacial score (nSPS) is 17.1. The van der Waals surface area contributed by atoms with Crippen molar-refractivity contribution in [3.63, 3.8) is 0 Å². The van der Waals surface area contributed by atoms with E-state index >= 15 is 0 Å². The van der Waals surface area contributed by atoms with Gasteiger partial charge in [-0.15, -0.1) is 0 Å². The monoisotopic (exact) mass is 365 g/mol. The molecule has 1 aromatic carbocycles. The van der Waals surface area contributed by atoms with Crippen LogP contribution >= 0.6 is 15.9 Å². The summed E-state index contributed by atoms with van der Waals surface area (Å²) < 4.78 is 15.5. The maximum absolute atomic E-state index is 13.2. The predicted molar refractivity (Wildman–Crippen MR) is 84.8 cm³/mol. The van der Waals surface area contributed by atoms with Crippen molar-refractivity contribution in [2.24, 2.45) is 7.05 Å². The van der Waals surface area contributed by atoms with Gasteiger partial charge in [0.05, 0.1) is 23.1 Å². The summed E-state index contributed by atoms with van der Waals surface area (Å²) in [5.41, 5.74) is 3.09. The number of hydrogen-bond donors (Lipinski definition) is 1. The summed E-state index contributed by atoms with van der Waals surface area (Å²) in [6.45, 7) is 0. The van der Waals surface area contributed by atoms with E-state index in [1.54, 1.807) is 12.1 Å². The number of rotatable bonds is 3. The van der Waals surface area contributed by atoms with E-state index in [0.717, 1.165) is 30.4 Å². The molecule has 0 aliphatic heterocycles. The zero-order valence-electron chi connectivity index (χ0n) is 12.3. The highest BCUT2D eigenvalue weighted by molar-refractivity contribution is 9.10. The third-order valence-corrected chi connectivity index (χ3v) is 4.67. The van der Waals surface area contributed by atoms with Crippen LogP contribution in [0.5, 0.6) is 0 Å². The van der Waals surface area contributed by atoms with E-state index in [2.05, 4.69) is 26.3 Å². The summed E-state index contributed by atoms with van der Waals surface area (Å²) in [6.07, 6.45) is 5.05. The van der Waals surface area contributed by atoms with Gasteiger partial charge in [0, 0.05) is 18.3 Å². The van der Waals surface area contributed by atoms with Gasteiger partial charge in [0.2, 0.25) is 5.91 Å². The molecule has 116 valence electrons. The molecule has 1 unspecified atom stereocenters. The van der Waals surface area contributed by atoms with E-state index in [9.17, 15) is 9.18 Å². The molecular weight excluding hydrogens is 349 g/mol. The Morgan fingerprint density at radius 2 is 2.36 bits per heavy atom. The molecule has 0 saturated carbocycles. The number of nitrogens with zero attached hydrogens (tertiary/aromatic N) is 2. The molecule has 6 heteroatoms. The van der Waals surface area contributed by atoms with E-state index in [-0.39, 0.29) is 24.2 Å². The summed E-state index contributed by atoms with van der Waals surface area (Å²) >= 11 is 3.14. The molecule has 4 nitrogen and oxygen atoms in total. The lowest BCUT2D eigenvalue weighted by atomic mass is 9.93. The molecule has 22 heavy (non-hydrogen) atoms. The van der Waals surface area contributed by atoms with Gasteiger partial charge in [0.25, 0.3) is 0 Å². The Balaban J connectivity index is 1.68. The molecule has 3 rings (SSSR count). The maximum Gasteiger partial charge on any atom is 0.224 e. The van der Waals surface area contributed by atoms with Crippen molar-refractivity contribution in [1.82, 2.24) is 15.1 Å². The molecule has 1 amide bonds. The van der Waals surface area contributed by atoms with E-state index in [1.807, 2.05) is 17.9 Å². The van der Waals surface area contributed by atoms with Crippen LogP contribution in [0.25, 0.3) is 0 Å². The average Bonchev–Trinajstić information content (AvgIpc) is 2.86. The van der Waals surface area contributed by atoms with Gasteiger partial charge in [-0.3, -0.25) is 9.48 Å². The second-order valence-corrected chi connectivity index (χ2v) is 6.46. The molecule has 0 spiro atoms. The molecule has 1 N–H and O–H groups in total. The SMILES string of the molecule is Cn1ncc2c1CCCC2NC(=O)Cc1ccc(F)c(Br)c1. The van der Waals surface area contributed by atoms with Crippen molar-refractivity contribution in [2.45, 2.75) is 31.7 Å². The van der Waals surface area contributed by atoms with Gasteiger partial charge in [-0.25, -0.2) is 4.39 Å². The second kappa shape index (κ2) is 6.20. The fourth-order valence-corrected chi connectivity index (χ4v) is 3.36. The zero-order chi connectivity index (χ0) is 15.7. The van der Waals surface area contributed by atoms with Crippen molar-refractivity contribution in [2.75, 3.05) is 0 Å². The van der Waals surface area contributed by atoms with Crippen LogP contribution in [0.4, 0.5) is 4.39 Å². The number of amides is 1. The van der Waals surface area contributed by atoms with Crippen molar-refractivity contribution < 1.29 is 9.18 Å². The van der Waals surface area contributed by atoms with Gasteiger partial charge in [-0.1, -0.05) is 6.07 Å². The van der Waals surface area contributed by atoms with Crippen LogP contribution in [0, 0.1) is 5.82 Å². The van der Waals surface area contributed by atoms with Crippen LogP contribution < -0.4 is 5.32 Å². The smallest absolute Gasteiger partial charge is 0.224 e. The first-order valence-electron chi connectivity index (χ1n) is 7.28. The zero-order valence-corrected chi connectivity index (χ0v) is 13.9. The van der Waals surface area contributed by atoms with Crippen molar-refractivity contribution in [3.8, 4) is 0 Å². The molecule has 0 bridgehead atoms. The molecule has 1 aliphatic carbocycles. The Labute approximate surface area is 136 Å². The Morgan fingerprint density at radius 1 is 1.55 bits per heavy atom. The first-order chi connectivity index (χ1) is 10.5. The lowest BCUT2D eigenvalue weighted by Gasteiger charge is -2.23. The first-order valence-corrected chi connectivity index (χ1v) is 8.08. The molecule has 2 aromatic rings. The highest BCUT2D eigenvalue weighted by atomic mass is 79.9. The lowest BCUT2D eigenvalue weighted by molar-refractivity contribution is -0.121. The number of halogens is 2. The Kier molecular flexibility index (Phi) is 4.29.